The van der Waals surface area contributed by atoms with Crippen molar-refractivity contribution in [1.82, 2.24) is 44.9 Å². The molecule has 0 atom stereocenters. The van der Waals surface area contributed by atoms with Crippen molar-refractivity contribution in [2.24, 2.45) is 7.05 Å². The van der Waals surface area contributed by atoms with Crippen molar-refractivity contribution in [3.05, 3.63) is 42.0 Å². The Bertz CT molecular complexity index is 1270. The molecule has 5 heterocycles. The Morgan fingerprint density at radius 3 is 2.96 bits per heavy atom. The predicted molar refractivity (Wildman–Crippen MR) is 91.7 cm³/mol. The Labute approximate surface area is 151 Å². The molecular formula is C16H13N9O2. The van der Waals surface area contributed by atoms with Crippen LogP contribution in [0.1, 0.15) is 11.5 Å². The molecule has 0 N–H and O–H groups in total. The van der Waals surface area contributed by atoms with E-state index in [2.05, 4.69) is 35.7 Å². The van der Waals surface area contributed by atoms with Gasteiger partial charge in [0.25, 0.3) is 5.88 Å². The maximum atomic E-state index is 5.92. The Balaban J connectivity index is 1.67. The fourth-order valence-electron chi connectivity index (χ4n) is 2.75. The average Bonchev–Trinajstić information content (AvgIpc) is 3.39. The summed E-state index contributed by atoms with van der Waals surface area (Å²) in [6, 6.07) is 5.49. The molecule has 0 saturated heterocycles. The summed E-state index contributed by atoms with van der Waals surface area (Å²) < 4.78 is 14.3. The van der Waals surface area contributed by atoms with Gasteiger partial charge in [-0.3, -0.25) is 4.98 Å². The van der Waals surface area contributed by atoms with Gasteiger partial charge in [-0.2, -0.15) is 4.52 Å². The molecule has 0 aliphatic heterocycles. The van der Waals surface area contributed by atoms with E-state index in [1.807, 2.05) is 19.1 Å². The molecule has 0 spiro atoms. The van der Waals surface area contributed by atoms with Gasteiger partial charge in [0.2, 0.25) is 5.82 Å². The quantitative estimate of drug-likeness (QED) is 0.465. The Morgan fingerprint density at radius 1 is 1.26 bits per heavy atom. The van der Waals surface area contributed by atoms with Crippen LogP contribution >= 0.6 is 0 Å². The molecule has 0 fully saturated rings. The van der Waals surface area contributed by atoms with Gasteiger partial charge in [0.05, 0.1) is 17.3 Å². The van der Waals surface area contributed by atoms with E-state index in [1.54, 1.807) is 34.7 Å². The molecule has 11 nitrogen and oxygen atoms in total. The Hall–Kier alpha value is -3.89. The summed E-state index contributed by atoms with van der Waals surface area (Å²) in [7, 11) is 1.80. The summed E-state index contributed by atoms with van der Waals surface area (Å²) in [5.41, 5.74) is 2.49. The summed E-state index contributed by atoms with van der Waals surface area (Å²) in [5.74, 6) is 1.48. The molecule has 5 rings (SSSR count). The molecule has 0 amide bonds. The largest absolute Gasteiger partial charge is 0.469 e. The molecule has 27 heavy (non-hydrogen) atoms. The number of aryl methyl sites for hydroxylation is 2. The molecular weight excluding hydrogens is 350 g/mol. The summed E-state index contributed by atoms with van der Waals surface area (Å²) >= 11 is 0. The third-order valence-electron chi connectivity index (χ3n) is 4.10. The summed E-state index contributed by atoms with van der Waals surface area (Å²) in [5, 5.41) is 25.5. The average molecular weight is 363 g/mol. The molecule has 0 radical (unpaired) electrons. The zero-order valence-corrected chi connectivity index (χ0v) is 14.4. The zero-order chi connectivity index (χ0) is 18.4. The van der Waals surface area contributed by atoms with Crippen LogP contribution in [0.4, 0.5) is 0 Å². The van der Waals surface area contributed by atoms with Gasteiger partial charge in [-0.25, -0.2) is 4.68 Å². The van der Waals surface area contributed by atoms with E-state index < -0.39 is 0 Å². The number of hydrogen-bond donors (Lipinski definition) is 0. The van der Waals surface area contributed by atoms with E-state index in [0.29, 0.717) is 34.3 Å². The number of hydrogen-bond acceptors (Lipinski definition) is 9. The van der Waals surface area contributed by atoms with E-state index in [-0.39, 0.29) is 6.61 Å². The molecule has 134 valence electrons. The van der Waals surface area contributed by atoms with E-state index >= 15 is 0 Å². The number of fused-ring (bicyclic) bond motifs is 3. The fraction of sp³-hybridized carbons (Fsp3) is 0.188. The van der Waals surface area contributed by atoms with Crippen LogP contribution in [0.25, 0.3) is 28.1 Å². The molecule has 0 aromatic carbocycles. The third-order valence-corrected chi connectivity index (χ3v) is 4.10. The van der Waals surface area contributed by atoms with Gasteiger partial charge in [-0.1, -0.05) is 10.4 Å². The van der Waals surface area contributed by atoms with Gasteiger partial charge in [-0.15, -0.1) is 20.4 Å². The van der Waals surface area contributed by atoms with Crippen molar-refractivity contribution in [2.45, 2.75) is 13.5 Å². The Kier molecular flexibility index (Phi) is 3.32. The first-order valence-electron chi connectivity index (χ1n) is 8.11. The second-order valence-electron chi connectivity index (χ2n) is 5.92. The van der Waals surface area contributed by atoms with Crippen LogP contribution in [0.2, 0.25) is 0 Å². The highest BCUT2D eigenvalue weighted by molar-refractivity contribution is 5.94. The minimum absolute atomic E-state index is 0.244. The van der Waals surface area contributed by atoms with Crippen LogP contribution in [0, 0.1) is 6.92 Å². The first kappa shape index (κ1) is 15.4. The number of rotatable bonds is 4. The normalized spacial score (nSPS) is 11.5. The number of aromatic nitrogens is 9. The highest BCUT2D eigenvalue weighted by Gasteiger charge is 2.19. The molecule has 5 aromatic heterocycles. The predicted octanol–water partition coefficient (Wildman–Crippen LogP) is 1.34. The van der Waals surface area contributed by atoms with Crippen LogP contribution in [-0.2, 0) is 13.7 Å². The second kappa shape index (κ2) is 5.83. The molecule has 0 aliphatic carbocycles. The summed E-state index contributed by atoms with van der Waals surface area (Å²) in [6.45, 7) is 2.05. The van der Waals surface area contributed by atoms with Crippen molar-refractivity contribution in [2.75, 3.05) is 0 Å². The molecule has 0 unspecified atom stereocenters. The van der Waals surface area contributed by atoms with Crippen LogP contribution < -0.4 is 4.74 Å². The number of pyridine rings is 1. The zero-order valence-electron chi connectivity index (χ0n) is 14.4. The first-order valence-corrected chi connectivity index (χ1v) is 8.11. The van der Waals surface area contributed by atoms with Gasteiger partial charge in [0, 0.05) is 19.3 Å². The van der Waals surface area contributed by atoms with E-state index in [9.17, 15) is 0 Å². The van der Waals surface area contributed by atoms with Gasteiger partial charge in [0.1, 0.15) is 17.9 Å². The van der Waals surface area contributed by atoms with Crippen molar-refractivity contribution in [3.8, 4) is 17.4 Å². The summed E-state index contributed by atoms with van der Waals surface area (Å²) in [4.78, 5) is 4.40. The standard InChI is InChI=1S/C16H13N9O2/c1-9-6-12(22-27-9)15-20-19-14-11-4-3-5-17-13(11)16(21-25(14)15)26-8-10-7-18-23-24(10)2/h3-7H,8H2,1-2H3. The van der Waals surface area contributed by atoms with Gasteiger partial charge in [0.15, 0.2) is 11.3 Å². The minimum Gasteiger partial charge on any atom is -0.469 e. The molecule has 0 saturated carbocycles. The van der Waals surface area contributed by atoms with Crippen molar-refractivity contribution in [3.63, 3.8) is 0 Å². The lowest BCUT2D eigenvalue weighted by atomic mass is 10.3. The number of ether oxygens (including phenoxy) is 1. The maximum Gasteiger partial charge on any atom is 0.259 e. The third kappa shape index (κ3) is 2.47. The second-order valence-corrected chi connectivity index (χ2v) is 5.92. The lowest BCUT2D eigenvalue weighted by Crippen LogP contribution is -2.07. The highest BCUT2D eigenvalue weighted by atomic mass is 16.5. The maximum absolute atomic E-state index is 5.92. The lowest BCUT2D eigenvalue weighted by molar-refractivity contribution is 0.282. The van der Waals surface area contributed by atoms with Gasteiger partial charge in [-0.05, 0) is 19.1 Å². The van der Waals surface area contributed by atoms with Crippen LogP contribution in [0.15, 0.2) is 35.1 Å². The molecule has 11 heteroatoms. The van der Waals surface area contributed by atoms with E-state index in [1.165, 1.54) is 0 Å². The highest BCUT2D eigenvalue weighted by Crippen LogP contribution is 2.27. The van der Waals surface area contributed by atoms with Crippen LogP contribution in [-0.4, -0.2) is 44.9 Å². The van der Waals surface area contributed by atoms with Gasteiger partial charge >= 0.3 is 0 Å². The van der Waals surface area contributed by atoms with E-state index in [0.717, 1.165) is 11.1 Å². The van der Waals surface area contributed by atoms with Crippen molar-refractivity contribution < 1.29 is 9.26 Å². The first-order chi connectivity index (χ1) is 13.2. The minimum atomic E-state index is 0.244. The van der Waals surface area contributed by atoms with Crippen molar-refractivity contribution in [1.29, 1.82) is 0 Å². The Morgan fingerprint density at radius 2 is 2.19 bits per heavy atom. The number of nitrogens with zero attached hydrogens (tertiary/aromatic N) is 9. The monoisotopic (exact) mass is 363 g/mol. The summed E-state index contributed by atoms with van der Waals surface area (Å²) in [6.07, 6.45) is 3.31. The molecule has 0 aliphatic rings. The molecule has 5 aromatic rings. The SMILES string of the molecule is Cc1cc(-c2nnc3c4cccnc4c(OCc4cnnn4C)nn23)no1. The molecule has 0 bridgehead atoms. The topological polar surface area (TPSA) is 122 Å². The van der Waals surface area contributed by atoms with Crippen LogP contribution in [0.5, 0.6) is 5.88 Å². The van der Waals surface area contributed by atoms with Crippen molar-refractivity contribution >= 4 is 16.6 Å². The van der Waals surface area contributed by atoms with Gasteiger partial charge < -0.3 is 9.26 Å². The van der Waals surface area contributed by atoms with Crippen LogP contribution in [0.3, 0.4) is 0 Å². The smallest absolute Gasteiger partial charge is 0.259 e. The fourth-order valence-corrected chi connectivity index (χ4v) is 2.75. The van der Waals surface area contributed by atoms with E-state index in [4.69, 9.17) is 9.26 Å². The lowest BCUT2D eigenvalue weighted by Gasteiger charge is -2.08.